The zero-order valence-corrected chi connectivity index (χ0v) is 9.64. The number of benzene rings is 1. The van der Waals surface area contributed by atoms with Crippen LogP contribution < -0.4 is 5.32 Å². The van der Waals surface area contributed by atoms with Gasteiger partial charge in [0.15, 0.2) is 0 Å². The van der Waals surface area contributed by atoms with E-state index in [4.69, 9.17) is 16.0 Å². The maximum Gasteiger partial charge on any atom is 0.134 e. The number of hydrogen-bond donors (Lipinski definition) is 1. The lowest BCUT2D eigenvalue weighted by atomic mass is 10.2. The molecule has 0 aliphatic rings. The van der Waals surface area contributed by atoms with Crippen LogP contribution in [-0.2, 0) is 6.42 Å². The first-order chi connectivity index (χ1) is 7.19. The Kier molecular flexibility index (Phi) is 2.98. The van der Waals surface area contributed by atoms with Crippen molar-refractivity contribution in [2.45, 2.75) is 19.4 Å². The number of hydrogen-bond acceptors (Lipinski definition) is 2. The van der Waals surface area contributed by atoms with Gasteiger partial charge in [-0.1, -0.05) is 11.6 Å². The molecule has 1 aromatic carbocycles. The topological polar surface area (TPSA) is 25.2 Å². The standard InChI is InChI=1S/C12H14ClNO/c1-8(14-2)5-11-7-9-6-10(13)3-4-12(9)15-11/h3-4,6-8,14H,5H2,1-2H3. The molecule has 0 fully saturated rings. The molecule has 0 bridgehead atoms. The van der Waals surface area contributed by atoms with Crippen LogP contribution in [0.15, 0.2) is 28.7 Å². The van der Waals surface area contributed by atoms with Crippen molar-refractivity contribution in [3.05, 3.63) is 35.0 Å². The Morgan fingerprint density at radius 2 is 2.20 bits per heavy atom. The van der Waals surface area contributed by atoms with E-state index < -0.39 is 0 Å². The Labute approximate surface area is 94.2 Å². The first-order valence-corrected chi connectivity index (χ1v) is 5.42. The van der Waals surface area contributed by atoms with Gasteiger partial charge in [-0.3, -0.25) is 0 Å². The fourth-order valence-electron chi connectivity index (χ4n) is 1.57. The Bertz CT molecular complexity index is 464. The average Bonchev–Trinajstić information content (AvgIpc) is 2.59. The molecule has 1 N–H and O–H groups in total. The molecule has 0 aliphatic carbocycles. The van der Waals surface area contributed by atoms with Crippen LogP contribution in [0.1, 0.15) is 12.7 Å². The highest BCUT2D eigenvalue weighted by atomic mass is 35.5. The second-order valence-electron chi connectivity index (χ2n) is 3.79. The van der Waals surface area contributed by atoms with E-state index in [1.807, 2.05) is 25.2 Å². The van der Waals surface area contributed by atoms with Crippen molar-refractivity contribution in [1.82, 2.24) is 5.32 Å². The second-order valence-corrected chi connectivity index (χ2v) is 4.23. The summed E-state index contributed by atoms with van der Waals surface area (Å²) in [4.78, 5) is 0. The number of fused-ring (bicyclic) bond motifs is 1. The van der Waals surface area contributed by atoms with Crippen molar-refractivity contribution in [2.24, 2.45) is 0 Å². The first-order valence-electron chi connectivity index (χ1n) is 5.04. The Morgan fingerprint density at radius 3 is 2.93 bits per heavy atom. The predicted octanol–water partition coefficient (Wildman–Crippen LogP) is 3.24. The zero-order valence-electron chi connectivity index (χ0n) is 8.88. The monoisotopic (exact) mass is 223 g/mol. The summed E-state index contributed by atoms with van der Waals surface area (Å²) >= 11 is 5.91. The predicted molar refractivity (Wildman–Crippen MR) is 63.4 cm³/mol. The van der Waals surface area contributed by atoms with Crippen LogP contribution >= 0.6 is 11.6 Å². The molecule has 2 rings (SSSR count). The molecule has 2 aromatic rings. The van der Waals surface area contributed by atoms with Gasteiger partial charge in [-0.2, -0.15) is 0 Å². The zero-order chi connectivity index (χ0) is 10.8. The molecule has 80 valence electrons. The van der Waals surface area contributed by atoms with Crippen LogP contribution in [0.2, 0.25) is 5.02 Å². The molecule has 15 heavy (non-hydrogen) atoms. The third-order valence-electron chi connectivity index (χ3n) is 2.53. The fraction of sp³-hybridized carbons (Fsp3) is 0.333. The highest BCUT2D eigenvalue weighted by molar-refractivity contribution is 6.31. The van der Waals surface area contributed by atoms with Gasteiger partial charge in [-0.05, 0) is 38.2 Å². The summed E-state index contributed by atoms with van der Waals surface area (Å²) in [5.74, 6) is 0.995. The molecule has 0 aliphatic heterocycles. The summed E-state index contributed by atoms with van der Waals surface area (Å²) in [6, 6.07) is 8.15. The van der Waals surface area contributed by atoms with Gasteiger partial charge in [-0.25, -0.2) is 0 Å². The van der Waals surface area contributed by atoms with Crippen LogP contribution in [0.5, 0.6) is 0 Å². The molecule has 1 aromatic heterocycles. The average molecular weight is 224 g/mol. The number of likely N-dealkylation sites (N-methyl/N-ethyl adjacent to an activating group) is 1. The van der Waals surface area contributed by atoms with Gasteiger partial charge < -0.3 is 9.73 Å². The van der Waals surface area contributed by atoms with Crippen LogP contribution in [0.25, 0.3) is 11.0 Å². The maximum atomic E-state index is 5.91. The SMILES string of the molecule is CNC(C)Cc1cc2cc(Cl)ccc2o1. The largest absolute Gasteiger partial charge is 0.461 e. The highest BCUT2D eigenvalue weighted by Gasteiger charge is 2.07. The van der Waals surface area contributed by atoms with Gasteiger partial charge in [0.25, 0.3) is 0 Å². The van der Waals surface area contributed by atoms with E-state index in [0.29, 0.717) is 6.04 Å². The molecule has 0 saturated carbocycles. The summed E-state index contributed by atoms with van der Waals surface area (Å²) in [5, 5.41) is 5.00. The first kappa shape index (κ1) is 10.5. The van der Waals surface area contributed by atoms with Crippen LogP contribution in [-0.4, -0.2) is 13.1 Å². The van der Waals surface area contributed by atoms with Crippen molar-refractivity contribution in [3.8, 4) is 0 Å². The maximum absolute atomic E-state index is 5.91. The third-order valence-corrected chi connectivity index (χ3v) is 2.76. The number of halogens is 1. The molecule has 3 heteroatoms. The summed E-state index contributed by atoms with van der Waals surface area (Å²) in [7, 11) is 1.95. The quantitative estimate of drug-likeness (QED) is 0.864. The summed E-state index contributed by atoms with van der Waals surface area (Å²) in [5.41, 5.74) is 0.901. The molecule has 0 saturated heterocycles. The minimum absolute atomic E-state index is 0.418. The smallest absolute Gasteiger partial charge is 0.134 e. The van der Waals surface area contributed by atoms with Crippen LogP contribution in [0.4, 0.5) is 0 Å². The van der Waals surface area contributed by atoms with Gasteiger partial charge in [-0.15, -0.1) is 0 Å². The minimum atomic E-state index is 0.418. The molecule has 1 heterocycles. The summed E-state index contributed by atoms with van der Waals surface area (Å²) in [6.07, 6.45) is 0.892. The summed E-state index contributed by atoms with van der Waals surface area (Å²) in [6.45, 7) is 2.13. The Morgan fingerprint density at radius 1 is 1.40 bits per heavy atom. The van der Waals surface area contributed by atoms with E-state index in [-0.39, 0.29) is 0 Å². The second kappa shape index (κ2) is 4.25. The molecule has 2 nitrogen and oxygen atoms in total. The van der Waals surface area contributed by atoms with Crippen molar-refractivity contribution < 1.29 is 4.42 Å². The van der Waals surface area contributed by atoms with Crippen LogP contribution in [0.3, 0.4) is 0 Å². The van der Waals surface area contributed by atoms with Crippen LogP contribution in [0, 0.1) is 0 Å². The molecule has 1 atom stereocenters. The van der Waals surface area contributed by atoms with Gasteiger partial charge >= 0.3 is 0 Å². The van der Waals surface area contributed by atoms with Gasteiger partial charge in [0.1, 0.15) is 11.3 Å². The fourth-order valence-corrected chi connectivity index (χ4v) is 1.75. The number of nitrogens with one attached hydrogen (secondary N) is 1. The molecule has 1 unspecified atom stereocenters. The van der Waals surface area contributed by atoms with Crippen molar-refractivity contribution in [1.29, 1.82) is 0 Å². The van der Waals surface area contributed by atoms with Crippen molar-refractivity contribution in [3.63, 3.8) is 0 Å². The molecule has 0 radical (unpaired) electrons. The minimum Gasteiger partial charge on any atom is -0.461 e. The van der Waals surface area contributed by atoms with Gasteiger partial charge in [0.2, 0.25) is 0 Å². The third kappa shape index (κ3) is 2.33. The lowest BCUT2D eigenvalue weighted by molar-refractivity contribution is 0.497. The lowest BCUT2D eigenvalue weighted by Crippen LogP contribution is -2.23. The van der Waals surface area contributed by atoms with Crippen molar-refractivity contribution >= 4 is 22.6 Å². The molecular weight excluding hydrogens is 210 g/mol. The van der Waals surface area contributed by atoms with E-state index >= 15 is 0 Å². The molecule has 0 spiro atoms. The van der Waals surface area contributed by atoms with Gasteiger partial charge in [0, 0.05) is 22.9 Å². The molecule has 0 amide bonds. The van der Waals surface area contributed by atoms with E-state index in [2.05, 4.69) is 18.3 Å². The normalized spacial score (nSPS) is 13.3. The lowest BCUT2D eigenvalue weighted by Gasteiger charge is -2.06. The Balaban J connectivity index is 2.30. The Hall–Kier alpha value is -0.990. The van der Waals surface area contributed by atoms with Crippen molar-refractivity contribution in [2.75, 3.05) is 7.05 Å². The van der Waals surface area contributed by atoms with Gasteiger partial charge in [0.05, 0.1) is 0 Å². The summed E-state index contributed by atoms with van der Waals surface area (Å²) < 4.78 is 5.70. The number of rotatable bonds is 3. The highest BCUT2D eigenvalue weighted by Crippen LogP contribution is 2.23. The van der Waals surface area contributed by atoms with E-state index in [9.17, 15) is 0 Å². The van der Waals surface area contributed by atoms with E-state index in [0.717, 1.165) is 28.2 Å². The molecular formula is C12H14ClNO. The van der Waals surface area contributed by atoms with E-state index in [1.165, 1.54) is 0 Å². The number of furan rings is 1. The van der Waals surface area contributed by atoms with E-state index in [1.54, 1.807) is 0 Å².